The Morgan fingerprint density at radius 1 is 1.25 bits per heavy atom. The number of rotatable bonds is 4. The van der Waals surface area contributed by atoms with Crippen LogP contribution in [0.4, 0.5) is 0 Å². The summed E-state index contributed by atoms with van der Waals surface area (Å²) in [6, 6.07) is 6.10. The normalized spacial score (nSPS) is 12.8. The summed E-state index contributed by atoms with van der Waals surface area (Å²) in [6.45, 7) is 8.02. The van der Waals surface area contributed by atoms with E-state index in [9.17, 15) is 9.90 Å². The lowest BCUT2D eigenvalue weighted by atomic mass is 9.86. The van der Waals surface area contributed by atoms with Gasteiger partial charge < -0.3 is 5.11 Å². The molecule has 1 aromatic rings. The van der Waals surface area contributed by atoms with Crippen molar-refractivity contribution in [3.8, 4) is 0 Å². The van der Waals surface area contributed by atoms with Crippen LogP contribution >= 0.6 is 0 Å². The van der Waals surface area contributed by atoms with Crippen LogP contribution < -0.4 is 0 Å². The molecule has 0 heterocycles. The lowest BCUT2D eigenvalue weighted by molar-refractivity contribution is -0.143. The molecule has 1 rings (SSSR count). The topological polar surface area (TPSA) is 37.3 Å². The van der Waals surface area contributed by atoms with Crippen molar-refractivity contribution in [1.29, 1.82) is 0 Å². The van der Waals surface area contributed by atoms with E-state index in [0.29, 0.717) is 6.42 Å². The second kappa shape index (κ2) is 5.15. The van der Waals surface area contributed by atoms with Crippen LogP contribution in [0, 0.1) is 25.7 Å². The van der Waals surface area contributed by atoms with Gasteiger partial charge in [0.2, 0.25) is 0 Å². The number of hydrogen-bond acceptors (Lipinski definition) is 1. The zero-order valence-corrected chi connectivity index (χ0v) is 10.4. The maximum absolute atomic E-state index is 11.2. The van der Waals surface area contributed by atoms with Crippen molar-refractivity contribution in [2.75, 3.05) is 0 Å². The molecule has 1 atom stereocenters. The molecule has 0 fully saturated rings. The number of aryl methyl sites for hydroxylation is 2. The number of aliphatic carboxylic acids is 1. The first kappa shape index (κ1) is 12.8. The van der Waals surface area contributed by atoms with Gasteiger partial charge in [-0.3, -0.25) is 4.79 Å². The van der Waals surface area contributed by atoms with Crippen molar-refractivity contribution >= 4 is 5.97 Å². The van der Waals surface area contributed by atoms with E-state index in [1.807, 2.05) is 45.9 Å². The van der Waals surface area contributed by atoms with Crippen LogP contribution in [0.3, 0.4) is 0 Å². The second-order valence-corrected chi connectivity index (χ2v) is 4.76. The van der Waals surface area contributed by atoms with Crippen molar-refractivity contribution in [3.05, 3.63) is 34.9 Å². The van der Waals surface area contributed by atoms with Crippen molar-refractivity contribution in [2.24, 2.45) is 11.8 Å². The van der Waals surface area contributed by atoms with Gasteiger partial charge in [-0.25, -0.2) is 0 Å². The van der Waals surface area contributed by atoms with Gasteiger partial charge in [0, 0.05) is 0 Å². The molecule has 0 bridgehead atoms. The maximum Gasteiger partial charge on any atom is 0.307 e. The van der Waals surface area contributed by atoms with Crippen LogP contribution in [-0.2, 0) is 11.2 Å². The summed E-state index contributed by atoms with van der Waals surface area (Å²) in [5.74, 6) is -0.825. The Morgan fingerprint density at radius 2 is 1.75 bits per heavy atom. The van der Waals surface area contributed by atoms with Gasteiger partial charge >= 0.3 is 5.97 Å². The highest BCUT2D eigenvalue weighted by Crippen LogP contribution is 2.22. The van der Waals surface area contributed by atoms with Gasteiger partial charge in [0.1, 0.15) is 0 Å². The van der Waals surface area contributed by atoms with Gasteiger partial charge in [-0.05, 0) is 42.9 Å². The molecule has 0 saturated heterocycles. The Bertz CT molecular complexity index is 360. The van der Waals surface area contributed by atoms with Crippen molar-refractivity contribution in [2.45, 2.75) is 34.1 Å². The summed E-state index contributed by atoms with van der Waals surface area (Å²) < 4.78 is 0. The fraction of sp³-hybridized carbons (Fsp3) is 0.500. The molecule has 0 amide bonds. The molecule has 1 aromatic carbocycles. The van der Waals surface area contributed by atoms with E-state index in [2.05, 4.69) is 0 Å². The molecule has 16 heavy (non-hydrogen) atoms. The van der Waals surface area contributed by atoms with Gasteiger partial charge in [-0.1, -0.05) is 32.0 Å². The van der Waals surface area contributed by atoms with E-state index in [0.717, 1.165) is 0 Å². The van der Waals surface area contributed by atoms with Crippen molar-refractivity contribution < 1.29 is 9.90 Å². The summed E-state index contributed by atoms with van der Waals surface area (Å²) in [5.41, 5.74) is 3.56. The highest BCUT2D eigenvalue weighted by atomic mass is 16.4. The third kappa shape index (κ3) is 2.84. The summed E-state index contributed by atoms with van der Waals surface area (Å²) in [5, 5.41) is 9.19. The number of benzene rings is 1. The van der Waals surface area contributed by atoms with Crippen molar-refractivity contribution in [3.63, 3.8) is 0 Å². The third-order valence-electron chi connectivity index (χ3n) is 3.19. The first-order valence-corrected chi connectivity index (χ1v) is 5.71. The summed E-state index contributed by atoms with van der Waals surface area (Å²) >= 11 is 0. The summed E-state index contributed by atoms with van der Waals surface area (Å²) in [6.07, 6.45) is 0.630. The SMILES string of the molecule is Cc1cccc(C)c1CC(C(=O)O)C(C)C. The zero-order valence-electron chi connectivity index (χ0n) is 10.4. The minimum Gasteiger partial charge on any atom is -0.481 e. The molecule has 0 spiro atoms. The fourth-order valence-electron chi connectivity index (χ4n) is 2.00. The molecule has 1 unspecified atom stereocenters. The van der Waals surface area contributed by atoms with E-state index >= 15 is 0 Å². The Kier molecular flexibility index (Phi) is 4.11. The molecule has 0 aliphatic rings. The van der Waals surface area contributed by atoms with Gasteiger partial charge in [0.05, 0.1) is 5.92 Å². The highest BCUT2D eigenvalue weighted by molar-refractivity contribution is 5.70. The van der Waals surface area contributed by atoms with Crippen molar-refractivity contribution in [1.82, 2.24) is 0 Å². The molecule has 0 saturated carbocycles. The Morgan fingerprint density at radius 3 is 2.12 bits per heavy atom. The molecule has 0 aromatic heterocycles. The largest absolute Gasteiger partial charge is 0.481 e. The van der Waals surface area contributed by atoms with E-state index in [1.54, 1.807) is 0 Å². The first-order chi connectivity index (χ1) is 7.43. The minimum absolute atomic E-state index is 0.163. The molecule has 0 aliphatic carbocycles. The monoisotopic (exact) mass is 220 g/mol. The zero-order chi connectivity index (χ0) is 12.3. The average molecular weight is 220 g/mol. The standard InChI is InChI=1S/C14H20O2/c1-9(2)12(14(15)16)8-13-10(3)6-5-7-11(13)4/h5-7,9,12H,8H2,1-4H3,(H,15,16). The van der Waals surface area contributed by atoms with Crippen LogP contribution in [0.5, 0.6) is 0 Å². The van der Waals surface area contributed by atoms with Crippen LogP contribution in [-0.4, -0.2) is 11.1 Å². The van der Waals surface area contributed by atoms with Crippen LogP contribution in [0.15, 0.2) is 18.2 Å². The van der Waals surface area contributed by atoms with Crippen LogP contribution in [0.25, 0.3) is 0 Å². The second-order valence-electron chi connectivity index (χ2n) is 4.76. The summed E-state index contributed by atoms with van der Waals surface area (Å²) in [7, 11) is 0. The predicted octanol–water partition coefficient (Wildman–Crippen LogP) is 3.20. The van der Waals surface area contributed by atoms with E-state index in [-0.39, 0.29) is 11.8 Å². The maximum atomic E-state index is 11.2. The Labute approximate surface area is 97.3 Å². The van der Waals surface area contributed by atoms with E-state index in [1.165, 1.54) is 16.7 Å². The van der Waals surface area contributed by atoms with E-state index < -0.39 is 5.97 Å². The molecule has 1 N–H and O–H groups in total. The van der Waals surface area contributed by atoms with Gasteiger partial charge in [0.25, 0.3) is 0 Å². The smallest absolute Gasteiger partial charge is 0.307 e. The lowest BCUT2D eigenvalue weighted by Gasteiger charge is -2.18. The molecule has 2 heteroatoms. The molecule has 2 nitrogen and oxygen atoms in total. The summed E-state index contributed by atoms with van der Waals surface area (Å²) in [4.78, 5) is 11.2. The average Bonchev–Trinajstić information content (AvgIpc) is 2.15. The number of carboxylic acids is 1. The predicted molar refractivity (Wildman–Crippen MR) is 65.6 cm³/mol. The van der Waals surface area contributed by atoms with Gasteiger partial charge in [0.15, 0.2) is 0 Å². The third-order valence-corrected chi connectivity index (χ3v) is 3.19. The number of carboxylic acid groups (broad SMARTS) is 1. The first-order valence-electron chi connectivity index (χ1n) is 5.71. The number of carbonyl (C=O) groups is 1. The van der Waals surface area contributed by atoms with Crippen LogP contribution in [0.2, 0.25) is 0 Å². The molecular formula is C14H20O2. The molecule has 0 radical (unpaired) electrons. The lowest BCUT2D eigenvalue weighted by Crippen LogP contribution is -2.22. The number of hydrogen-bond donors (Lipinski definition) is 1. The minimum atomic E-state index is -0.697. The molecule has 88 valence electrons. The van der Waals surface area contributed by atoms with Gasteiger partial charge in [-0.15, -0.1) is 0 Å². The quantitative estimate of drug-likeness (QED) is 0.846. The Balaban J connectivity index is 2.98. The molecule has 0 aliphatic heterocycles. The van der Waals surface area contributed by atoms with E-state index in [4.69, 9.17) is 0 Å². The van der Waals surface area contributed by atoms with Crippen LogP contribution in [0.1, 0.15) is 30.5 Å². The molecular weight excluding hydrogens is 200 g/mol. The highest BCUT2D eigenvalue weighted by Gasteiger charge is 2.22. The van der Waals surface area contributed by atoms with Gasteiger partial charge in [-0.2, -0.15) is 0 Å². The Hall–Kier alpha value is -1.31. The fourth-order valence-corrected chi connectivity index (χ4v) is 2.00.